The molecular weight excluding hydrogens is 392 g/mol. The predicted octanol–water partition coefficient (Wildman–Crippen LogP) is 3.16. The van der Waals surface area contributed by atoms with Crippen molar-refractivity contribution in [1.82, 2.24) is 15.3 Å². The van der Waals surface area contributed by atoms with Gasteiger partial charge in [-0.1, -0.05) is 0 Å². The first kappa shape index (κ1) is 20.6. The predicted molar refractivity (Wildman–Crippen MR) is 107 cm³/mol. The Labute approximate surface area is 172 Å². The molecule has 0 radical (unpaired) electrons. The smallest absolute Gasteiger partial charge is 0.252 e. The molecule has 0 aliphatic carbocycles. The van der Waals surface area contributed by atoms with Gasteiger partial charge in [0.05, 0.1) is 34.8 Å². The summed E-state index contributed by atoms with van der Waals surface area (Å²) < 4.78 is 28.1. The summed E-state index contributed by atoms with van der Waals surface area (Å²) in [5, 5.41) is 20.8. The molecule has 0 aliphatic rings. The van der Waals surface area contributed by atoms with Gasteiger partial charge in [0.25, 0.3) is 5.56 Å². The number of fused-ring (bicyclic) bond motifs is 1. The standard InChI is InChI=1S/C21H15F2N5O2.2H2/c1-10-13(21(30)28-17-4-3-15(22)14(8-25)19(10)17)6-18(29)27-11(2)20-16(23)5-12(7-24)9-26-20;;/h3-5,9,11H,6H2,1-2H3,(H,27,29)(H,28,30);2*1H/t11-;;/m0../s1. The molecule has 30 heavy (non-hydrogen) atoms. The number of carbonyl (C=O) groups is 1. The van der Waals surface area contributed by atoms with E-state index in [2.05, 4.69) is 15.3 Å². The Morgan fingerprint density at radius 2 is 2.03 bits per heavy atom. The summed E-state index contributed by atoms with van der Waals surface area (Å²) in [6.07, 6.45) is 0.831. The van der Waals surface area contributed by atoms with Crippen LogP contribution in [-0.2, 0) is 11.2 Å². The number of carbonyl (C=O) groups excluding carboxylic acids is 1. The first-order valence-corrected chi connectivity index (χ1v) is 8.85. The molecule has 2 aromatic heterocycles. The second-order valence-corrected chi connectivity index (χ2v) is 6.68. The van der Waals surface area contributed by atoms with Crippen LogP contribution in [-0.4, -0.2) is 15.9 Å². The summed E-state index contributed by atoms with van der Waals surface area (Å²) in [6, 6.07) is 6.18. The second kappa shape index (κ2) is 8.10. The highest BCUT2D eigenvalue weighted by Gasteiger charge is 2.20. The molecule has 7 nitrogen and oxygen atoms in total. The van der Waals surface area contributed by atoms with Gasteiger partial charge in [-0.2, -0.15) is 10.5 Å². The zero-order valence-electron chi connectivity index (χ0n) is 16.0. The van der Waals surface area contributed by atoms with Crippen LogP contribution in [0.2, 0.25) is 0 Å². The van der Waals surface area contributed by atoms with Crippen LogP contribution in [0, 0.1) is 41.2 Å². The van der Waals surface area contributed by atoms with Crippen LogP contribution in [0.25, 0.3) is 10.9 Å². The second-order valence-electron chi connectivity index (χ2n) is 6.68. The van der Waals surface area contributed by atoms with Gasteiger partial charge < -0.3 is 10.3 Å². The minimum absolute atomic E-state index is 0. The van der Waals surface area contributed by atoms with Crippen molar-refractivity contribution in [2.45, 2.75) is 26.3 Å². The maximum atomic E-state index is 14.1. The highest BCUT2D eigenvalue weighted by atomic mass is 19.1. The average Bonchev–Trinajstić information content (AvgIpc) is 2.71. The zero-order valence-corrected chi connectivity index (χ0v) is 16.0. The van der Waals surface area contributed by atoms with Gasteiger partial charge in [-0.3, -0.25) is 14.6 Å². The number of halogens is 2. The molecule has 0 spiro atoms. The van der Waals surface area contributed by atoms with E-state index in [-0.39, 0.29) is 42.6 Å². The molecule has 0 aliphatic heterocycles. The van der Waals surface area contributed by atoms with E-state index in [9.17, 15) is 23.6 Å². The van der Waals surface area contributed by atoms with Crippen molar-refractivity contribution in [1.29, 1.82) is 10.5 Å². The lowest BCUT2D eigenvalue weighted by Gasteiger charge is -2.15. The van der Waals surface area contributed by atoms with E-state index in [4.69, 9.17) is 5.26 Å². The molecular formula is C21H19F2N5O2. The fourth-order valence-electron chi connectivity index (χ4n) is 3.26. The van der Waals surface area contributed by atoms with Crippen molar-refractivity contribution in [3.8, 4) is 12.1 Å². The molecule has 154 valence electrons. The number of benzene rings is 1. The van der Waals surface area contributed by atoms with Crippen molar-refractivity contribution in [3.63, 3.8) is 0 Å². The van der Waals surface area contributed by atoms with Gasteiger partial charge in [-0.25, -0.2) is 8.78 Å². The van der Waals surface area contributed by atoms with E-state index < -0.39 is 29.1 Å². The number of hydrogen-bond acceptors (Lipinski definition) is 5. The summed E-state index contributed by atoms with van der Waals surface area (Å²) >= 11 is 0. The molecule has 0 fully saturated rings. The Morgan fingerprint density at radius 1 is 1.30 bits per heavy atom. The van der Waals surface area contributed by atoms with Crippen LogP contribution in [0.15, 0.2) is 29.2 Å². The van der Waals surface area contributed by atoms with E-state index in [1.165, 1.54) is 26.1 Å². The number of aromatic amines is 1. The van der Waals surface area contributed by atoms with Gasteiger partial charge in [0.2, 0.25) is 5.91 Å². The lowest BCUT2D eigenvalue weighted by Crippen LogP contribution is -2.31. The van der Waals surface area contributed by atoms with E-state index in [0.29, 0.717) is 5.56 Å². The number of nitrogens with one attached hydrogen (secondary N) is 2. The quantitative estimate of drug-likeness (QED) is 0.683. The van der Waals surface area contributed by atoms with Crippen molar-refractivity contribution in [2.75, 3.05) is 0 Å². The number of hydrogen-bond donors (Lipinski definition) is 2. The van der Waals surface area contributed by atoms with Crippen molar-refractivity contribution >= 4 is 16.8 Å². The number of amides is 1. The molecule has 3 aromatic rings. The van der Waals surface area contributed by atoms with Crippen LogP contribution < -0.4 is 10.9 Å². The number of aromatic nitrogens is 2. The van der Waals surface area contributed by atoms with Crippen molar-refractivity contribution < 1.29 is 16.4 Å². The van der Waals surface area contributed by atoms with Crippen molar-refractivity contribution in [3.05, 3.63) is 74.3 Å². The normalized spacial score (nSPS) is 11.5. The van der Waals surface area contributed by atoms with Crippen LogP contribution in [0.3, 0.4) is 0 Å². The van der Waals surface area contributed by atoms with E-state index in [0.717, 1.165) is 12.1 Å². The fourth-order valence-corrected chi connectivity index (χ4v) is 3.26. The molecule has 0 saturated carbocycles. The number of aryl methyl sites for hydroxylation is 1. The maximum Gasteiger partial charge on any atom is 0.252 e. The lowest BCUT2D eigenvalue weighted by atomic mass is 9.98. The Kier molecular flexibility index (Phi) is 5.56. The molecule has 0 bridgehead atoms. The summed E-state index contributed by atoms with van der Waals surface area (Å²) in [5.41, 5.74) is -0.0928. The monoisotopic (exact) mass is 411 g/mol. The van der Waals surface area contributed by atoms with Gasteiger partial charge in [0.15, 0.2) is 0 Å². The van der Waals surface area contributed by atoms with Gasteiger partial charge in [0, 0.05) is 20.0 Å². The molecule has 1 aromatic carbocycles. The topological polar surface area (TPSA) is 122 Å². The van der Waals surface area contributed by atoms with Gasteiger partial charge in [0.1, 0.15) is 23.8 Å². The average molecular weight is 411 g/mol. The third kappa shape index (κ3) is 3.74. The molecule has 2 heterocycles. The third-order valence-electron chi connectivity index (χ3n) is 4.74. The van der Waals surface area contributed by atoms with Crippen molar-refractivity contribution in [2.24, 2.45) is 0 Å². The number of rotatable bonds is 4. The molecule has 0 unspecified atom stereocenters. The molecule has 1 atom stereocenters. The summed E-state index contributed by atoms with van der Waals surface area (Å²) in [7, 11) is 0. The molecule has 0 saturated heterocycles. The summed E-state index contributed by atoms with van der Waals surface area (Å²) in [5.74, 6) is -2.06. The van der Waals surface area contributed by atoms with Crippen LogP contribution in [0.4, 0.5) is 8.78 Å². The van der Waals surface area contributed by atoms with Crippen LogP contribution >= 0.6 is 0 Å². The largest absolute Gasteiger partial charge is 0.348 e. The Balaban J connectivity index is 0.00000256. The maximum absolute atomic E-state index is 14.1. The number of pyridine rings is 2. The van der Waals surface area contributed by atoms with E-state index in [1.54, 1.807) is 12.1 Å². The van der Waals surface area contributed by atoms with Gasteiger partial charge >= 0.3 is 0 Å². The molecule has 2 N–H and O–H groups in total. The van der Waals surface area contributed by atoms with Crippen LogP contribution in [0.1, 0.15) is 43.8 Å². The van der Waals surface area contributed by atoms with Gasteiger partial charge in [-0.15, -0.1) is 0 Å². The van der Waals surface area contributed by atoms with Crippen LogP contribution in [0.5, 0.6) is 0 Å². The molecule has 9 heteroatoms. The third-order valence-corrected chi connectivity index (χ3v) is 4.74. The van der Waals surface area contributed by atoms with E-state index >= 15 is 0 Å². The first-order chi connectivity index (χ1) is 14.3. The lowest BCUT2D eigenvalue weighted by molar-refractivity contribution is -0.121. The highest BCUT2D eigenvalue weighted by molar-refractivity contribution is 5.90. The van der Waals surface area contributed by atoms with Gasteiger partial charge in [-0.05, 0) is 37.6 Å². The number of nitrogens with zero attached hydrogens (tertiary/aromatic N) is 3. The number of H-pyrrole nitrogens is 1. The first-order valence-electron chi connectivity index (χ1n) is 8.85. The molecule has 1 amide bonds. The van der Waals surface area contributed by atoms with E-state index in [1.807, 2.05) is 0 Å². The highest BCUT2D eigenvalue weighted by Crippen LogP contribution is 2.24. The summed E-state index contributed by atoms with van der Waals surface area (Å²) in [6.45, 7) is 3.04. The zero-order chi connectivity index (χ0) is 22.0. The fraction of sp³-hybridized carbons (Fsp3) is 0.190. The Bertz CT molecular complexity index is 1330. The SMILES string of the molecule is Cc1c(CC(=O)N[C@@H](C)c2ncc(C#N)cc2F)c(=O)[nH]c2ccc(F)c(C#N)c12.[HH].[HH]. The molecule has 3 rings (SSSR count). The summed E-state index contributed by atoms with van der Waals surface area (Å²) in [4.78, 5) is 31.3. The Morgan fingerprint density at radius 3 is 2.67 bits per heavy atom. The minimum atomic E-state index is -0.822. The minimum Gasteiger partial charge on any atom is -0.348 e. The number of nitriles is 2. The Hall–Kier alpha value is -4.11.